The predicted molar refractivity (Wildman–Crippen MR) is 57.7 cm³/mol. The fraction of sp³-hybridized carbons (Fsp3) is 0. The number of nitrogen functional groups attached to an aromatic ring is 2. The van der Waals surface area contributed by atoms with Crippen LogP contribution in [0.4, 0.5) is 11.4 Å². The van der Waals surface area contributed by atoms with Crippen molar-refractivity contribution in [3.05, 3.63) is 42.1 Å². The zero-order valence-corrected chi connectivity index (χ0v) is 7.90. The van der Waals surface area contributed by atoms with E-state index in [1.54, 1.807) is 18.2 Å². The lowest BCUT2D eigenvalue weighted by atomic mass is 10.1. The molecule has 0 unspecified atom stereocenters. The third kappa shape index (κ3) is 1.67. The van der Waals surface area contributed by atoms with Gasteiger partial charge in [0.05, 0.1) is 6.20 Å². The number of nitrogens with one attached hydrogen (secondary N) is 1. The summed E-state index contributed by atoms with van der Waals surface area (Å²) in [6.07, 6.45) is 2.73. The molecule has 1 aromatic carbocycles. The second kappa shape index (κ2) is 3.45. The van der Waals surface area contributed by atoms with E-state index in [1.165, 1.54) is 12.6 Å². The molecule has 0 bridgehead atoms. The summed E-state index contributed by atoms with van der Waals surface area (Å²) in [6.45, 7) is 0. The van der Waals surface area contributed by atoms with Crippen molar-refractivity contribution in [3.8, 4) is 0 Å². The molecule has 1 aromatic heterocycles. The van der Waals surface area contributed by atoms with Crippen LogP contribution in [0.2, 0.25) is 0 Å². The average molecular weight is 202 g/mol. The van der Waals surface area contributed by atoms with Crippen LogP contribution < -0.4 is 11.5 Å². The first-order valence-electron chi connectivity index (χ1n) is 4.31. The number of benzene rings is 1. The molecule has 2 aromatic rings. The Kier molecular flexibility index (Phi) is 2.13. The fourth-order valence-electron chi connectivity index (χ4n) is 1.26. The summed E-state index contributed by atoms with van der Waals surface area (Å²) in [7, 11) is 0. The number of hydrogen-bond acceptors (Lipinski definition) is 5. The Morgan fingerprint density at radius 3 is 2.80 bits per heavy atom. The zero-order valence-electron chi connectivity index (χ0n) is 7.90. The Morgan fingerprint density at radius 2 is 2.13 bits per heavy atom. The first-order valence-corrected chi connectivity index (χ1v) is 4.31. The van der Waals surface area contributed by atoms with Crippen molar-refractivity contribution in [2.24, 2.45) is 0 Å². The normalized spacial score (nSPS) is 10.1. The molecule has 0 fully saturated rings. The van der Waals surface area contributed by atoms with Crippen LogP contribution in [0, 0.1) is 5.41 Å². The number of rotatable bonds is 2. The molecule has 1 heterocycles. The summed E-state index contributed by atoms with van der Waals surface area (Å²) in [5.41, 5.74) is 13.1. The highest BCUT2D eigenvalue weighted by Crippen LogP contribution is 2.19. The van der Waals surface area contributed by atoms with Crippen molar-refractivity contribution in [2.75, 3.05) is 11.5 Å². The molecule has 0 saturated heterocycles. The highest BCUT2D eigenvalue weighted by molar-refractivity contribution is 6.12. The van der Waals surface area contributed by atoms with E-state index in [2.05, 4.69) is 4.98 Å². The molecule has 5 heteroatoms. The summed E-state index contributed by atoms with van der Waals surface area (Å²) in [5.74, 6) is 0.368. The minimum Gasteiger partial charge on any atom is -0.442 e. The van der Waals surface area contributed by atoms with Gasteiger partial charge in [-0.3, -0.25) is 5.41 Å². The lowest BCUT2D eigenvalue weighted by Crippen LogP contribution is -2.05. The van der Waals surface area contributed by atoms with Gasteiger partial charge < -0.3 is 15.9 Å². The summed E-state index contributed by atoms with van der Waals surface area (Å²) in [4.78, 5) is 3.74. The molecule has 0 radical (unpaired) electrons. The Balaban J connectivity index is 2.46. The van der Waals surface area contributed by atoms with Crippen molar-refractivity contribution in [2.45, 2.75) is 0 Å². The molecule has 0 aliphatic heterocycles. The van der Waals surface area contributed by atoms with Crippen LogP contribution in [-0.4, -0.2) is 10.7 Å². The van der Waals surface area contributed by atoms with E-state index in [0.717, 1.165) is 0 Å². The number of nitrogens with two attached hydrogens (primary N) is 2. The summed E-state index contributed by atoms with van der Waals surface area (Å²) in [6, 6.07) is 4.99. The predicted octanol–water partition coefficient (Wildman–Crippen LogP) is 1.26. The van der Waals surface area contributed by atoms with E-state index < -0.39 is 0 Å². The van der Waals surface area contributed by atoms with E-state index >= 15 is 0 Å². The lowest BCUT2D eigenvalue weighted by molar-refractivity contribution is 0.548. The van der Waals surface area contributed by atoms with Crippen LogP contribution in [0.25, 0.3) is 0 Å². The maximum absolute atomic E-state index is 7.86. The van der Waals surface area contributed by atoms with Crippen LogP contribution in [0.5, 0.6) is 0 Å². The van der Waals surface area contributed by atoms with Crippen molar-refractivity contribution in [1.29, 1.82) is 5.41 Å². The minimum absolute atomic E-state index is 0.178. The highest BCUT2D eigenvalue weighted by Gasteiger charge is 2.11. The summed E-state index contributed by atoms with van der Waals surface area (Å²) in [5, 5.41) is 7.86. The lowest BCUT2D eigenvalue weighted by Gasteiger charge is -2.05. The highest BCUT2D eigenvalue weighted by atomic mass is 16.3. The van der Waals surface area contributed by atoms with Crippen LogP contribution in [0.3, 0.4) is 0 Å². The molecular formula is C10H10N4O. The van der Waals surface area contributed by atoms with Crippen molar-refractivity contribution >= 4 is 17.1 Å². The Morgan fingerprint density at radius 1 is 1.33 bits per heavy atom. The van der Waals surface area contributed by atoms with Gasteiger partial charge in [-0.15, -0.1) is 0 Å². The third-order valence-electron chi connectivity index (χ3n) is 2.03. The standard InChI is InChI=1S/C10H10N4O/c11-6-1-2-8(12)7(3-6)10(13)9-4-14-5-15-9/h1-5,13H,11-12H2. The molecular weight excluding hydrogens is 192 g/mol. The van der Waals surface area contributed by atoms with Gasteiger partial charge in [0.15, 0.2) is 12.2 Å². The van der Waals surface area contributed by atoms with Crippen molar-refractivity contribution in [3.63, 3.8) is 0 Å². The molecule has 76 valence electrons. The number of oxazole rings is 1. The fourth-order valence-corrected chi connectivity index (χ4v) is 1.26. The molecule has 5 nitrogen and oxygen atoms in total. The maximum Gasteiger partial charge on any atom is 0.181 e. The van der Waals surface area contributed by atoms with Crippen LogP contribution >= 0.6 is 0 Å². The Bertz CT molecular complexity index is 490. The Hall–Kier alpha value is -2.30. The molecule has 0 aliphatic rings. The van der Waals surface area contributed by atoms with Crippen LogP contribution in [0.15, 0.2) is 35.2 Å². The van der Waals surface area contributed by atoms with E-state index in [4.69, 9.17) is 21.3 Å². The second-order valence-electron chi connectivity index (χ2n) is 3.09. The van der Waals surface area contributed by atoms with Gasteiger partial charge in [-0.1, -0.05) is 0 Å². The van der Waals surface area contributed by atoms with E-state index in [0.29, 0.717) is 22.7 Å². The van der Waals surface area contributed by atoms with Gasteiger partial charge >= 0.3 is 0 Å². The number of hydrogen-bond donors (Lipinski definition) is 3. The summed E-state index contributed by atoms with van der Waals surface area (Å²) >= 11 is 0. The van der Waals surface area contributed by atoms with Gasteiger partial charge in [0.25, 0.3) is 0 Å². The van der Waals surface area contributed by atoms with Gasteiger partial charge in [0.1, 0.15) is 5.71 Å². The van der Waals surface area contributed by atoms with Crippen LogP contribution in [0.1, 0.15) is 11.3 Å². The molecule has 5 N–H and O–H groups in total. The molecule has 0 atom stereocenters. The average Bonchev–Trinajstić information content (AvgIpc) is 2.74. The monoisotopic (exact) mass is 202 g/mol. The SMILES string of the molecule is N=C(c1cnco1)c1cc(N)ccc1N. The minimum atomic E-state index is 0.178. The third-order valence-corrected chi connectivity index (χ3v) is 2.03. The number of nitrogens with zero attached hydrogens (tertiary/aromatic N) is 1. The molecule has 0 amide bonds. The summed E-state index contributed by atoms with van der Waals surface area (Å²) < 4.78 is 5.01. The zero-order chi connectivity index (χ0) is 10.8. The van der Waals surface area contributed by atoms with Gasteiger partial charge in [0, 0.05) is 16.9 Å². The topological polar surface area (TPSA) is 102 Å². The first-order chi connectivity index (χ1) is 7.18. The quantitative estimate of drug-likeness (QED) is 0.503. The second-order valence-corrected chi connectivity index (χ2v) is 3.09. The molecule has 15 heavy (non-hydrogen) atoms. The van der Waals surface area contributed by atoms with Gasteiger partial charge in [0.2, 0.25) is 0 Å². The van der Waals surface area contributed by atoms with Gasteiger partial charge in [-0.2, -0.15) is 0 Å². The van der Waals surface area contributed by atoms with Gasteiger partial charge in [-0.25, -0.2) is 4.98 Å². The van der Waals surface area contributed by atoms with E-state index in [9.17, 15) is 0 Å². The van der Waals surface area contributed by atoms with E-state index in [-0.39, 0.29) is 5.71 Å². The van der Waals surface area contributed by atoms with Gasteiger partial charge in [-0.05, 0) is 18.2 Å². The largest absolute Gasteiger partial charge is 0.442 e. The molecule has 0 spiro atoms. The van der Waals surface area contributed by atoms with E-state index in [1.807, 2.05) is 0 Å². The first kappa shape index (κ1) is 9.26. The van der Waals surface area contributed by atoms with Crippen molar-refractivity contribution in [1.82, 2.24) is 4.98 Å². The maximum atomic E-state index is 7.86. The van der Waals surface area contributed by atoms with Crippen molar-refractivity contribution < 1.29 is 4.42 Å². The number of anilines is 2. The van der Waals surface area contributed by atoms with Crippen LogP contribution in [-0.2, 0) is 0 Å². The Labute approximate surface area is 86.2 Å². The molecule has 2 rings (SSSR count). The smallest absolute Gasteiger partial charge is 0.181 e. The molecule has 0 saturated carbocycles. The number of aromatic nitrogens is 1. The molecule has 0 aliphatic carbocycles.